The van der Waals surface area contributed by atoms with E-state index >= 15 is 0 Å². The van der Waals surface area contributed by atoms with Crippen LogP contribution in [0.2, 0.25) is 0 Å². The highest BCUT2D eigenvalue weighted by Gasteiger charge is 2.38. The molecule has 1 fully saturated rings. The first-order valence-corrected chi connectivity index (χ1v) is 8.40. The Morgan fingerprint density at radius 1 is 1.15 bits per heavy atom. The topological polar surface area (TPSA) is 97.4 Å². The number of carbonyl (C=O) groups is 3. The van der Waals surface area contributed by atoms with E-state index in [0.717, 1.165) is 0 Å². The normalized spacial score (nSPS) is 15.5. The predicted octanol–water partition coefficient (Wildman–Crippen LogP) is 2.25. The van der Waals surface area contributed by atoms with E-state index in [9.17, 15) is 14.4 Å². The summed E-state index contributed by atoms with van der Waals surface area (Å²) in [5.74, 6) is -2.41. The fourth-order valence-corrected chi connectivity index (χ4v) is 2.32. The summed E-state index contributed by atoms with van der Waals surface area (Å²) in [5, 5.41) is 0. The first kappa shape index (κ1) is 20.3. The Labute approximate surface area is 157 Å². The lowest BCUT2D eigenvalue weighted by Gasteiger charge is -2.29. The molecule has 0 unspecified atom stereocenters. The molecular formula is C19H22O8. The standard InChI is InChI=1S/C19H22O8/c1-5-24-16(20)8-9-25-15-11-12(6-7-14(15)23-4)10-13-17(21)26-19(2,3)27-18(13)22/h6-7,10-11H,5,8-9H2,1-4H3. The fourth-order valence-electron chi connectivity index (χ4n) is 2.32. The second-order valence-corrected chi connectivity index (χ2v) is 6.05. The molecule has 1 heterocycles. The van der Waals surface area contributed by atoms with E-state index in [2.05, 4.69) is 0 Å². The second kappa shape index (κ2) is 8.57. The smallest absolute Gasteiger partial charge is 0.348 e. The van der Waals surface area contributed by atoms with E-state index in [0.29, 0.717) is 23.7 Å². The van der Waals surface area contributed by atoms with Crippen molar-refractivity contribution in [2.75, 3.05) is 20.3 Å². The summed E-state index contributed by atoms with van der Waals surface area (Å²) in [4.78, 5) is 35.5. The lowest BCUT2D eigenvalue weighted by Crippen LogP contribution is -2.41. The first-order valence-electron chi connectivity index (χ1n) is 8.40. The van der Waals surface area contributed by atoms with Crippen LogP contribution in [0.15, 0.2) is 23.8 Å². The summed E-state index contributed by atoms with van der Waals surface area (Å²) in [6.07, 6.45) is 1.42. The molecule has 0 aromatic heterocycles. The van der Waals surface area contributed by atoms with E-state index < -0.39 is 17.7 Å². The van der Waals surface area contributed by atoms with Crippen LogP contribution in [0.5, 0.6) is 11.5 Å². The zero-order chi connectivity index (χ0) is 20.0. The highest BCUT2D eigenvalue weighted by Crippen LogP contribution is 2.30. The number of carbonyl (C=O) groups excluding carboxylic acids is 3. The summed E-state index contributed by atoms with van der Waals surface area (Å²) < 4.78 is 25.8. The molecule has 0 bridgehead atoms. The van der Waals surface area contributed by atoms with Gasteiger partial charge >= 0.3 is 17.9 Å². The van der Waals surface area contributed by atoms with Crippen LogP contribution in [0, 0.1) is 0 Å². The molecule has 0 spiro atoms. The van der Waals surface area contributed by atoms with Gasteiger partial charge in [0.15, 0.2) is 11.5 Å². The minimum atomic E-state index is -1.30. The Kier molecular flexibility index (Phi) is 6.44. The van der Waals surface area contributed by atoms with Crippen molar-refractivity contribution < 1.29 is 38.1 Å². The molecule has 146 valence electrons. The van der Waals surface area contributed by atoms with Gasteiger partial charge in [0.05, 0.1) is 26.7 Å². The van der Waals surface area contributed by atoms with Crippen LogP contribution < -0.4 is 9.47 Å². The van der Waals surface area contributed by atoms with E-state index in [1.165, 1.54) is 27.0 Å². The quantitative estimate of drug-likeness (QED) is 0.405. The van der Waals surface area contributed by atoms with Crippen LogP contribution in [-0.4, -0.2) is 44.0 Å². The molecular weight excluding hydrogens is 356 g/mol. The molecule has 1 aromatic rings. The molecule has 8 heteroatoms. The monoisotopic (exact) mass is 378 g/mol. The lowest BCUT2D eigenvalue weighted by atomic mass is 10.1. The lowest BCUT2D eigenvalue weighted by molar-refractivity contribution is -0.222. The predicted molar refractivity (Wildman–Crippen MR) is 94.0 cm³/mol. The molecule has 0 atom stereocenters. The number of hydrogen-bond acceptors (Lipinski definition) is 8. The summed E-state index contributed by atoms with van der Waals surface area (Å²) >= 11 is 0. The molecule has 0 N–H and O–H groups in total. The summed E-state index contributed by atoms with van der Waals surface area (Å²) in [6, 6.07) is 4.84. The van der Waals surface area contributed by atoms with Crippen molar-refractivity contribution in [2.24, 2.45) is 0 Å². The first-order chi connectivity index (χ1) is 12.8. The van der Waals surface area contributed by atoms with E-state index in [-0.39, 0.29) is 24.6 Å². The van der Waals surface area contributed by atoms with Crippen LogP contribution >= 0.6 is 0 Å². The molecule has 0 radical (unpaired) electrons. The van der Waals surface area contributed by atoms with Gasteiger partial charge in [0.1, 0.15) is 5.57 Å². The molecule has 1 saturated heterocycles. The molecule has 1 aliphatic rings. The number of hydrogen-bond donors (Lipinski definition) is 0. The van der Waals surface area contributed by atoms with Crippen molar-refractivity contribution >= 4 is 24.0 Å². The summed E-state index contributed by atoms with van der Waals surface area (Å²) in [7, 11) is 1.48. The molecule has 2 rings (SSSR count). The van der Waals surface area contributed by atoms with E-state index in [1.807, 2.05) is 0 Å². The van der Waals surface area contributed by atoms with Crippen molar-refractivity contribution in [3.05, 3.63) is 29.3 Å². The van der Waals surface area contributed by atoms with Crippen molar-refractivity contribution in [1.29, 1.82) is 0 Å². The Hall–Kier alpha value is -3.03. The van der Waals surface area contributed by atoms with E-state index in [1.54, 1.807) is 25.1 Å². The number of cyclic esters (lactones) is 2. The van der Waals surface area contributed by atoms with Crippen LogP contribution in [0.1, 0.15) is 32.8 Å². The number of methoxy groups -OCH3 is 1. The highest BCUT2D eigenvalue weighted by atomic mass is 16.7. The van der Waals surface area contributed by atoms with Crippen LogP contribution in [0.3, 0.4) is 0 Å². The number of ether oxygens (including phenoxy) is 5. The van der Waals surface area contributed by atoms with Crippen LogP contribution in [-0.2, 0) is 28.6 Å². The minimum absolute atomic E-state index is 0.0794. The van der Waals surface area contributed by atoms with Gasteiger partial charge in [-0.2, -0.15) is 0 Å². The zero-order valence-electron chi connectivity index (χ0n) is 15.7. The maximum absolute atomic E-state index is 12.0. The van der Waals surface area contributed by atoms with Crippen molar-refractivity contribution in [2.45, 2.75) is 33.0 Å². The molecule has 8 nitrogen and oxygen atoms in total. The summed E-state index contributed by atoms with van der Waals surface area (Å²) in [6.45, 7) is 5.06. The maximum atomic E-state index is 12.0. The second-order valence-electron chi connectivity index (χ2n) is 6.05. The van der Waals surface area contributed by atoms with Gasteiger partial charge < -0.3 is 23.7 Å². The maximum Gasteiger partial charge on any atom is 0.348 e. The van der Waals surface area contributed by atoms with Gasteiger partial charge in [0.2, 0.25) is 0 Å². The average molecular weight is 378 g/mol. The zero-order valence-corrected chi connectivity index (χ0v) is 15.7. The molecule has 27 heavy (non-hydrogen) atoms. The third-order valence-corrected chi connectivity index (χ3v) is 3.48. The number of rotatable bonds is 7. The van der Waals surface area contributed by atoms with Gasteiger partial charge in [0.25, 0.3) is 5.79 Å². The molecule has 0 aliphatic carbocycles. The van der Waals surface area contributed by atoms with Crippen LogP contribution in [0.25, 0.3) is 6.08 Å². The van der Waals surface area contributed by atoms with E-state index in [4.69, 9.17) is 23.7 Å². The van der Waals surface area contributed by atoms with Gasteiger partial charge in [-0.3, -0.25) is 4.79 Å². The van der Waals surface area contributed by atoms with Gasteiger partial charge in [0, 0.05) is 13.8 Å². The van der Waals surface area contributed by atoms with Gasteiger partial charge in [-0.1, -0.05) is 6.07 Å². The number of esters is 3. The van der Waals surface area contributed by atoms with Gasteiger partial charge in [-0.15, -0.1) is 0 Å². The molecule has 0 saturated carbocycles. The summed E-state index contributed by atoms with van der Waals surface area (Å²) in [5.41, 5.74) is 0.280. The van der Waals surface area contributed by atoms with Gasteiger partial charge in [-0.25, -0.2) is 9.59 Å². The molecule has 1 aliphatic heterocycles. The van der Waals surface area contributed by atoms with Gasteiger partial charge in [-0.05, 0) is 30.7 Å². The minimum Gasteiger partial charge on any atom is -0.493 e. The highest BCUT2D eigenvalue weighted by molar-refractivity contribution is 6.18. The van der Waals surface area contributed by atoms with Crippen molar-refractivity contribution in [1.82, 2.24) is 0 Å². The average Bonchev–Trinajstić information content (AvgIpc) is 2.58. The Bertz CT molecular complexity index is 741. The SMILES string of the molecule is CCOC(=O)CCOc1cc(C=C2C(=O)OC(C)(C)OC2=O)ccc1OC. The third-order valence-electron chi connectivity index (χ3n) is 3.48. The molecule has 0 amide bonds. The Morgan fingerprint density at radius 3 is 2.41 bits per heavy atom. The Balaban J connectivity index is 2.17. The number of benzene rings is 1. The third kappa shape index (κ3) is 5.47. The molecule has 1 aromatic carbocycles. The Morgan fingerprint density at radius 2 is 1.81 bits per heavy atom. The van der Waals surface area contributed by atoms with Crippen molar-refractivity contribution in [3.8, 4) is 11.5 Å². The largest absolute Gasteiger partial charge is 0.493 e. The van der Waals surface area contributed by atoms with Crippen molar-refractivity contribution in [3.63, 3.8) is 0 Å². The van der Waals surface area contributed by atoms with Crippen LogP contribution in [0.4, 0.5) is 0 Å². The fraction of sp³-hybridized carbons (Fsp3) is 0.421.